The summed E-state index contributed by atoms with van der Waals surface area (Å²) in [6.45, 7) is 0.940. The van der Waals surface area contributed by atoms with Crippen LogP contribution in [0, 0.1) is 0 Å². The van der Waals surface area contributed by atoms with Crippen molar-refractivity contribution < 1.29 is 14.3 Å². The lowest BCUT2D eigenvalue weighted by Gasteiger charge is -2.09. The lowest BCUT2D eigenvalue weighted by molar-refractivity contribution is 0.0596. The van der Waals surface area contributed by atoms with Crippen molar-refractivity contribution >= 4 is 23.2 Å². The Morgan fingerprint density at radius 1 is 1.20 bits per heavy atom. The van der Waals surface area contributed by atoms with Crippen LogP contribution in [0.1, 0.15) is 20.7 Å². The van der Waals surface area contributed by atoms with E-state index in [1.807, 2.05) is 29.1 Å². The predicted molar refractivity (Wildman–Crippen MR) is 95.7 cm³/mol. The molecule has 0 spiro atoms. The number of rotatable bonds is 6. The first kappa shape index (κ1) is 16.9. The molecule has 6 nitrogen and oxygen atoms in total. The fourth-order valence-electron chi connectivity index (χ4n) is 2.40. The minimum atomic E-state index is -0.529. The Morgan fingerprint density at radius 3 is 2.72 bits per heavy atom. The van der Waals surface area contributed by atoms with Crippen LogP contribution >= 0.6 is 11.3 Å². The van der Waals surface area contributed by atoms with Crippen molar-refractivity contribution in [3.05, 3.63) is 64.5 Å². The molecule has 1 aromatic carbocycles. The zero-order valence-electron chi connectivity index (χ0n) is 13.6. The number of hydrogen-bond donors (Lipinski definition) is 1. The summed E-state index contributed by atoms with van der Waals surface area (Å²) in [5.41, 5.74) is 2.54. The number of carbonyl (C=O) groups excluding carboxylic acids is 2. The fraction of sp³-hybridized carbons (Fsp3) is 0.167. The molecule has 0 atom stereocenters. The summed E-state index contributed by atoms with van der Waals surface area (Å²) in [6.07, 6.45) is 1.88. The predicted octanol–water partition coefficient (Wildman–Crippen LogP) is 2.83. The third-order valence-electron chi connectivity index (χ3n) is 3.66. The first-order valence-corrected chi connectivity index (χ1v) is 8.65. The molecule has 1 amide bonds. The van der Waals surface area contributed by atoms with Crippen LogP contribution in [-0.2, 0) is 11.3 Å². The molecule has 0 fully saturated rings. The van der Waals surface area contributed by atoms with E-state index >= 15 is 0 Å². The number of amides is 1. The largest absolute Gasteiger partial charge is 0.465 e. The van der Waals surface area contributed by atoms with Gasteiger partial charge in [-0.1, -0.05) is 12.1 Å². The number of benzene rings is 1. The molecule has 0 saturated heterocycles. The molecule has 2 aromatic heterocycles. The molecule has 1 N–H and O–H groups in total. The van der Waals surface area contributed by atoms with E-state index in [-0.39, 0.29) is 11.5 Å². The number of nitrogens with one attached hydrogen (secondary N) is 1. The van der Waals surface area contributed by atoms with Gasteiger partial charge in [0, 0.05) is 23.7 Å². The summed E-state index contributed by atoms with van der Waals surface area (Å²) < 4.78 is 6.48. The molecule has 0 aliphatic heterocycles. The maximum absolute atomic E-state index is 12.3. The highest BCUT2D eigenvalue weighted by Crippen LogP contribution is 2.19. The first-order valence-electron chi connectivity index (χ1n) is 7.70. The molecular weight excluding hydrogens is 338 g/mol. The summed E-state index contributed by atoms with van der Waals surface area (Å²) in [7, 11) is 1.29. The van der Waals surface area contributed by atoms with Crippen molar-refractivity contribution in [2.24, 2.45) is 0 Å². The van der Waals surface area contributed by atoms with Crippen LogP contribution in [-0.4, -0.2) is 35.3 Å². The Hall–Kier alpha value is -2.93. The van der Waals surface area contributed by atoms with Crippen molar-refractivity contribution in [1.29, 1.82) is 0 Å². The van der Waals surface area contributed by atoms with Gasteiger partial charge in [-0.25, -0.2) is 4.79 Å². The maximum Gasteiger partial charge on any atom is 0.338 e. The summed E-state index contributed by atoms with van der Waals surface area (Å²) in [6, 6.07) is 10.5. The van der Waals surface area contributed by atoms with E-state index in [4.69, 9.17) is 4.74 Å². The Bertz CT molecular complexity index is 871. The van der Waals surface area contributed by atoms with Gasteiger partial charge in [0.25, 0.3) is 5.91 Å². The van der Waals surface area contributed by atoms with Crippen LogP contribution in [0.4, 0.5) is 0 Å². The quantitative estimate of drug-likeness (QED) is 0.690. The molecule has 2 heterocycles. The average molecular weight is 355 g/mol. The third-order valence-corrected chi connectivity index (χ3v) is 4.34. The van der Waals surface area contributed by atoms with E-state index < -0.39 is 5.97 Å². The van der Waals surface area contributed by atoms with Crippen molar-refractivity contribution in [2.75, 3.05) is 13.7 Å². The van der Waals surface area contributed by atoms with Crippen molar-refractivity contribution in [2.45, 2.75) is 6.54 Å². The Morgan fingerprint density at radius 2 is 2.00 bits per heavy atom. The second kappa shape index (κ2) is 7.76. The van der Waals surface area contributed by atoms with E-state index in [0.717, 1.165) is 11.3 Å². The summed E-state index contributed by atoms with van der Waals surface area (Å²) in [4.78, 5) is 24.1. The van der Waals surface area contributed by atoms with Gasteiger partial charge in [-0.2, -0.15) is 16.4 Å². The Kier molecular flexibility index (Phi) is 5.25. The number of ether oxygens (including phenoxy) is 1. The Labute approximate surface area is 149 Å². The number of hydrogen-bond acceptors (Lipinski definition) is 5. The van der Waals surface area contributed by atoms with Crippen molar-refractivity contribution in [3.63, 3.8) is 0 Å². The maximum atomic E-state index is 12.3. The number of esters is 1. The molecule has 0 radical (unpaired) electrons. The standard InChI is InChI=1S/C18H17N3O3S/c1-24-18(23)15-5-3-2-4-14(15)17(22)19-8-10-21-9-6-16(20-21)13-7-11-25-12-13/h2-7,9,11-12H,8,10H2,1H3,(H,19,22). The molecule has 3 aromatic rings. The zero-order valence-corrected chi connectivity index (χ0v) is 14.5. The summed E-state index contributed by atoms with van der Waals surface area (Å²) in [5.74, 6) is -0.843. The summed E-state index contributed by atoms with van der Waals surface area (Å²) >= 11 is 1.62. The molecule has 7 heteroatoms. The van der Waals surface area contributed by atoms with Crippen LogP contribution in [0.2, 0.25) is 0 Å². The Balaban J connectivity index is 1.59. The van der Waals surface area contributed by atoms with Crippen LogP contribution in [0.3, 0.4) is 0 Å². The van der Waals surface area contributed by atoms with E-state index in [9.17, 15) is 9.59 Å². The molecule has 0 aliphatic rings. The van der Waals surface area contributed by atoms with Gasteiger partial charge in [0.1, 0.15) is 0 Å². The number of thiophene rings is 1. The van der Waals surface area contributed by atoms with Crippen molar-refractivity contribution in [3.8, 4) is 11.3 Å². The molecule has 0 bridgehead atoms. The average Bonchev–Trinajstić information content (AvgIpc) is 3.32. The van der Waals surface area contributed by atoms with Crippen LogP contribution in [0.5, 0.6) is 0 Å². The van der Waals surface area contributed by atoms with E-state index in [1.165, 1.54) is 7.11 Å². The van der Waals surface area contributed by atoms with Gasteiger partial charge in [-0.15, -0.1) is 0 Å². The third kappa shape index (κ3) is 3.95. The van der Waals surface area contributed by atoms with Crippen LogP contribution < -0.4 is 5.32 Å². The van der Waals surface area contributed by atoms with Gasteiger partial charge < -0.3 is 10.1 Å². The minimum absolute atomic E-state index is 0.251. The minimum Gasteiger partial charge on any atom is -0.465 e. The topological polar surface area (TPSA) is 73.2 Å². The van der Waals surface area contributed by atoms with Gasteiger partial charge in [0.2, 0.25) is 0 Å². The summed E-state index contributed by atoms with van der Waals surface area (Å²) in [5, 5.41) is 11.3. The van der Waals surface area contributed by atoms with Gasteiger partial charge >= 0.3 is 5.97 Å². The lowest BCUT2D eigenvalue weighted by atomic mass is 10.1. The van der Waals surface area contributed by atoms with E-state index in [0.29, 0.717) is 18.7 Å². The second-order valence-electron chi connectivity index (χ2n) is 5.27. The molecule has 0 unspecified atom stereocenters. The highest BCUT2D eigenvalue weighted by atomic mass is 32.1. The molecular formula is C18H17N3O3S. The highest BCUT2D eigenvalue weighted by Gasteiger charge is 2.16. The highest BCUT2D eigenvalue weighted by molar-refractivity contribution is 7.08. The van der Waals surface area contributed by atoms with Gasteiger partial charge in [0.15, 0.2) is 0 Å². The second-order valence-corrected chi connectivity index (χ2v) is 6.05. The zero-order chi connectivity index (χ0) is 17.6. The van der Waals surface area contributed by atoms with E-state index in [1.54, 1.807) is 40.3 Å². The van der Waals surface area contributed by atoms with Crippen LogP contribution in [0.15, 0.2) is 53.4 Å². The normalized spacial score (nSPS) is 10.4. The molecule has 128 valence electrons. The smallest absolute Gasteiger partial charge is 0.338 e. The number of carbonyl (C=O) groups is 2. The first-order chi connectivity index (χ1) is 12.2. The monoisotopic (exact) mass is 355 g/mol. The van der Waals surface area contributed by atoms with Crippen LogP contribution in [0.25, 0.3) is 11.3 Å². The van der Waals surface area contributed by atoms with Gasteiger partial charge in [0.05, 0.1) is 30.5 Å². The molecule has 0 saturated carbocycles. The number of nitrogens with zero attached hydrogens (tertiary/aromatic N) is 2. The van der Waals surface area contributed by atoms with E-state index in [2.05, 4.69) is 10.4 Å². The molecule has 25 heavy (non-hydrogen) atoms. The molecule has 3 rings (SSSR count). The van der Waals surface area contributed by atoms with Gasteiger partial charge in [-0.3, -0.25) is 9.48 Å². The number of methoxy groups -OCH3 is 1. The van der Waals surface area contributed by atoms with Gasteiger partial charge in [-0.05, 0) is 29.6 Å². The lowest BCUT2D eigenvalue weighted by Crippen LogP contribution is -2.29. The molecule has 0 aliphatic carbocycles. The number of aromatic nitrogens is 2. The SMILES string of the molecule is COC(=O)c1ccccc1C(=O)NCCn1ccc(-c2ccsc2)n1. The van der Waals surface area contributed by atoms with Crippen molar-refractivity contribution in [1.82, 2.24) is 15.1 Å². The fourth-order valence-corrected chi connectivity index (χ4v) is 3.05.